The Hall–Kier alpha value is -2.07. The summed E-state index contributed by atoms with van der Waals surface area (Å²) < 4.78 is 5.76. The molecule has 0 atom stereocenters. The molecule has 3 rings (SSSR count). The van der Waals surface area contributed by atoms with Crippen molar-refractivity contribution in [2.45, 2.75) is 12.8 Å². The molecule has 0 unspecified atom stereocenters. The second-order valence-corrected chi connectivity index (χ2v) is 6.07. The third-order valence-electron chi connectivity index (χ3n) is 3.91. The number of aliphatic hydroxyl groups is 1. The molecular weight excluding hydrogens is 344 g/mol. The molecular formula is C18H15BrO3. The fourth-order valence-corrected chi connectivity index (χ4v) is 3.36. The monoisotopic (exact) mass is 358 g/mol. The van der Waals surface area contributed by atoms with Crippen LogP contribution in [0, 0.1) is 0 Å². The number of methoxy groups -OCH3 is 1. The fraction of sp³-hybridized carbons (Fsp3) is 0.167. The molecule has 0 radical (unpaired) electrons. The largest absolute Gasteiger partial charge is 0.516 e. The minimum Gasteiger partial charge on any atom is -0.516 e. The quantitative estimate of drug-likeness (QED) is 0.629. The highest BCUT2D eigenvalue weighted by molar-refractivity contribution is 9.10. The zero-order valence-corrected chi connectivity index (χ0v) is 13.7. The van der Waals surface area contributed by atoms with Crippen molar-refractivity contribution >= 4 is 44.8 Å². The van der Waals surface area contributed by atoms with Crippen molar-refractivity contribution in [3.05, 3.63) is 56.6 Å². The van der Waals surface area contributed by atoms with Crippen LogP contribution < -0.4 is 10.4 Å². The van der Waals surface area contributed by atoms with Crippen LogP contribution in [0.3, 0.4) is 0 Å². The zero-order valence-electron chi connectivity index (χ0n) is 12.1. The number of benzene rings is 2. The summed E-state index contributed by atoms with van der Waals surface area (Å²) in [5.41, 5.74) is 1.51. The normalized spacial score (nSPS) is 15.6. The lowest BCUT2D eigenvalue weighted by molar-refractivity contribution is 0.0601. The van der Waals surface area contributed by atoms with Crippen LogP contribution in [0.15, 0.2) is 40.6 Å². The highest BCUT2D eigenvalue weighted by Gasteiger charge is 2.09. The van der Waals surface area contributed by atoms with Gasteiger partial charge in [0, 0.05) is 4.47 Å². The molecule has 0 heterocycles. The van der Waals surface area contributed by atoms with Crippen molar-refractivity contribution in [3.8, 4) is 0 Å². The van der Waals surface area contributed by atoms with Gasteiger partial charge < -0.3 is 9.84 Å². The van der Waals surface area contributed by atoms with Gasteiger partial charge in [0.1, 0.15) is 0 Å². The van der Waals surface area contributed by atoms with Gasteiger partial charge in [0.25, 0.3) is 0 Å². The lowest BCUT2D eigenvalue weighted by Gasteiger charge is -2.05. The number of rotatable bonds is 1. The van der Waals surface area contributed by atoms with Gasteiger partial charge in [-0.3, -0.25) is 0 Å². The van der Waals surface area contributed by atoms with E-state index in [1.165, 1.54) is 13.4 Å². The number of fused-ring (bicyclic) bond motifs is 3. The molecule has 0 fully saturated rings. The second kappa shape index (κ2) is 5.97. The molecule has 0 amide bonds. The number of carbonyl (C=O) groups excluding carboxylic acids is 1. The predicted molar refractivity (Wildman–Crippen MR) is 91.1 cm³/mol. The van der Waals surface area contributed by atoms with Gasteiger partial charge in [-0.05, 0) is 57.8 Å². The summed E-state index contributed by atoms with van der Waals surface area (Å²) in [6, 6.07) is 7.58. The number of allylic oxidation sites excluding steroid dienone is 1. The maximum absolute atomic E-state index is 11.7. The van der Waals surface area contributed by atoms with Crippen molar-refractivity contribution in [3.63, 3.8) is 0 Å². The van der Waals surface area contributed by atoms with E-state index in [0.717, 1.165) is 37.7 Å². The Labute approximate surface area is 136 Å². The van der Waals surface area contributed by atoms with E-state index in [-0.39, 0.29) is 5.97 Å². The van der Waals surface area contributed by atoms with Crippen molar-refractivity contribution in [2.24, 2.45) is 0 Å². The van der Waals surface area contributed by atoms with Crippen LogP contribution in [-0.4, -0.2) is 18.2 Å². The number of aliphatic hydroxyl groups excluding tert-OH is 1. The Balaban J connectivity index is 2.32. The summed E-state index contributed by atoms with van der Waals surface area (Å²) in [5.74, 6) is -0.339. The van der Waals surface area contributed by atoms with E-state index in [9.17, 15) is 9.90 Å². The Morgan fingerprint density at radius 1 is 1.23 bits per heavy atom. The average molecular weight is 359 g/mol. The van der Waals surface area contributed by atoms with E-state index in [1.54, 1.807) is 6.07 Å². The number of hydrogen-bond donors (Lipinski definition) is 1. The standard InChI is InChI=1S/C18H15BrO3/c1-22-18(21)12-4-7-14-13(8-12)9-17(19)16-6-3-11(10-20)2-5-15(14)16/h4-10,20H,2-3H2,1H3/b11-10-. The zero-order chi connectivity index (χ0) is 15.7. The van der Waals surface area contributed by atoms with E-state index in [4.69, 9.17) is 4.74 Å². The van der Waals surface area contributed by atoms with E-state index < -0.39 is 0 Å². The van der Waals surface area contributed by atoms with E-state index in [0.29, 0.717) is 12.0 Å². The molecule has 0 bridgehead atoms. The molecule has 1 N–H and O–H groups in total. The van der Waals surface area contributed by atoms with Crippen molar-refractivity contribution in [1.29, 1.82) is 0 Å². The molecule has 1 aliphatic carbocycles. The number of hydrogen-bond acceptors (Lipinski definition) is 3. The van der Waals surface area contributed by atoms with Gasteiger partial charge in [-0.15, -0.1) is 0 Å². The molecule has 22 heavy (non-hydrogen) atoms. The highest BCUT2D eigenvalue weighted by Crippen LogP contribution is 2.18. The maximum atomic E-state index is 11.7. The fourth-order valence-electron chi connectivity index (χ4n) is 2.74. The molecule has 3 nitrogen and oxygen atoms in total. The lowest BCUT2D eigenvalue weighted by Crippen LogP contribution is -2.26. The van der Waals surface area contributed by atoms with E-state index in [1.807, 2.05) is 18.2 Å². The van der Waals surface area contributed by atoms with Gasteiger partial charge in [0.15, 0.2) is 0 Å². The van der Waals surface area contributed by atoms with Crippen LogP contribution in [0.25, 0.3) is 22.9 Å². The van der Waals surface area contributed by atoms with Crippen LogP contribution in [0.1, 0.15) is 23.2 Å². The predicted octanol–water partition coefficient (Wildman–Crippen LogP) is 3.19. The summed E-state index contributed by atoms with van der Waals surface area (Å²) in [7, 11) is 1.38. The minimum atomic E-state index is -0.339. The first kappa shape index (κ1) is 14.9. The third-order valence-corrected chi connectivity index (χ3v) is 4.57. The molecule has 0 saturated heterocycles. The number of ether oxygens (including phenoxy) is 1. The summed E-state index contributed by atoms with van der Waals surface area (Å²) in [5, 5.41) is 13.5. The van der Waals surface area contributed by atoms with Crippen molar-refractivity contribution < 1.29 is 14.6 Å². The first-order valence-electron chi connectivity index (χ1n) is 6.97. The Morgan fingerprint density at radius 3 is 2.64 bits per heavy atom. The molecule has 2 aromatic rings. The first-order valence-corrected chi connectivity index (χ1v) is 7.76. The summed E-state index contributed by atoms with van der Waals surface area (Å²) >= 11 is 3.61. The first-order chi connectivity index (χ1) is 10.6. The smallest absolute Gasteiger partial charge is 0.337 e. The van der Waals surface area contributed by atoms with Crippen LogP contribution >= 0.6 is 15.9 Å². The van der Waals surface area contributed by atoms with Crippen LogP contribution in [-0.2, 0) is 4.74 Å². The van der Waals surface area contributed by atoms with Crippen LogP contribution in [0.4, 0.5) is 0 Å². The van der Waals surface area contributed by atoms with Gasteiger partial charge in [0.05, 0.1) is 18.9 Å². The lowest BCUT2D eigenvalue weighted by atomic mass is 10.0. The molecule has 0 aliphatic heterocycles. The average Bonchev–Trinajstić information content (AvgIpc) is 2.76. The molecule has 4 heteroatoms. The Kier molecular flexibility index (Phi) is 4.03. The van der Waals surface area contributed by atoms with Crippen LogP contribution in [0.2, 0.25) is 0 Å². The van der Waals surface area contributed by atoms with Crippen LogP contribution in [0.5, 0.6) is 0 Å². The van der Waals surface area contributed by atoms with Gasteiger partial charge in [0.2, 0.25) is 0 Å². The summed E-state index contributed by atoms with van der Waals surface area (Å²) in [6.45, 7) is 0. The second-order valence-electron chi connectivity index (χ2n) is 5.22. The summed E-state index contributed by atoms with van der Waals surface area (Å²) in [6.07, 6.45) is 6.85. The molecule has 0 spiro atoms. The minimum absolute atomic E-state index is 0.339. The Morgan fingerprint density at radius 2 is 1.95 bits per heavy atom. The van der Waals surface area contributed by atoms with E-state index in [2.05, 4.69) is 28.1 Å². The molecule has 1 aliphatic rings. The number of esters is 1. The third kappa shape index (κ3) is 2.55. The molecule has 0 aromatic heterocycles. The van der Waals surface area contributed by atoms with Crippen molar-refractivity contribution in [1.82, 2.24) is 0 Å². The van der Waals surface area contributed by atoms with Gasteiger partial charge in [-0.1, -0.05) is 34.1 Å². The molecule has 0 saturated carbocycles. The van der Waals surface area contributed by atoms with Gasteiger partial charge in [-0.25, -0.2) is 4.79 Å². The van der Waals surface area contributed by atoms with Gasteiger partial charge >= 0.3 is 5.97 Å². The van der Waals surface area contributed by atoms with Crippen molar-refractivity contribution in [2.75, 3.05) is 7.11 Å². The SMILES string of the molecule is COC(=O)c1ccc2c3c(c(Br)cc2c1)=CC/C(=C\O)CC=3. The summed E-state index contributed by atoms with van der Waals surface area (Å²) in [4.78, 5) is 11.7. The highest BCUT2D eigenvalue weighted by atomic mass is 79.9. The topological polar surface area (TPSA) is 46.5 Å². The van der Waals surface area contributed by atoms with E-state index >= 15 is 0 Å². The molecule has 112 valence electrons. The maximum Gasteiger partial charge on any atom is 0.337 e. The molecule has 2 aromatic carbocycles. The van der Waals surface area contributed by atoms with Gasteiger partial charge in [-0.2, -0.15) is 0 Å². The number of halogens is 1. The Bertz CT molecular complexity index is 910. The number of carbonyl (C=O) groups is 1.